The van der Waals surface area contributed by atoms with Gasteiger partial charge in [-0.3, -0.25) is 9.78 Å². The molecule has 0 atom stereocenters. The van der Waals surface area contributed by atoms with E-state index in [0.717, 1.165) is 11.3 Å². The Balaban J connectivity index is 2.43. The van der Waals surface area contributed by atoms with Gasteiger partial charge in [0.25, 0.3) is 0 Å². The van der Waals surface area contributed by atoms with Crippen molar-refractivity contribution in [1.82, 2.24) is 9.97 Å². The Labute approximate surface area is 98.3 Å². The molecule has 1 aromatic heterocycles. The molecular weight excluding hydrogens is 219 g/mol. The number of hydrogen-bond donors (Lipinski definition) is 0. The lowest BCUT2D eigenvalue weighted by molar-refractivity contribution is 0.103. The fourth-order valence-electron chi connectivity index (χ4n) is 1.49. The minimum absolute atomic E-state index is 0.226. The molecule has 0 bridgehead atoms. The van der Waals surface area contributed by atoms with Crippen LogP contribution < -0.4 is 0 Å². The summed E-state index contributed by atoms with van der Waals surface area (Å²) in [6.07, 6.45) is 2.92. The van der Waals surface area contributed by atoms with Crippen LogP contribution in [0.4, 0.5) is 4.39 Å². The van der Waals surface area contributed by atoms with Gasteiger partial charge in [-0.15, -0.1) is 0 Å². The molecule has 17 heavy (non-hydrogen) atoms. The zero-order chi connectivity index (χ0) is 12.4. The molecule has 0 aliphatic rings. The molecular formula is C13H11FN2O. The van der Waals surface area contributed by atoms with Gasteiger partial charge in [0.15, 0.2) is 0 Å². The van der Waals surface area contributed by atoms with Gasteiger partial charge in [-0.1, -0.05) is 6.07 Å². The Kier molecular flexibility index (Phi) is 2.95. The van der Waals surface area contributed by atoms with Crippen LogP contribution in [0.3, 0.4) is 0 Å². The number of carbonyl (C=O) groups is 1. The highest BCUT2D eigenvalue weighted by molar-refractivity contribution is 6.08. The number of aryl methyl sites for hydroxylation is 2. The number of carbonyl (C=O) groups excluding carboxylic acids is 1. The lowest BCUT2D eigenvalue weighted by atomic mass is 10.0. The fraction of sp³-hybridized carbons (Fsp3) is 0.154. The second-order valence-corrected chi connectivity index (χ2v) is 3.83. The van der Waals surface area contributed by atoms with Crippen LogP contribution in [0.5, 0.6) is 0 Å². The van der Waals surface area contributed by atoms with Crippen molar-refractivity contribution in [2.24, 2.45) is 0 Å². The van der Waals surface area contributed by atoms with E-state index in [-0.39, 0.29) is 11.5 Å². The van der Waals surface area contributed by atoms with E-state index in [2.05, 4.69) is 9.97 Å². The smallest absolute Gasteiger partial charge is 0.213 e. The van der Waals surface area contributed by atoms with Crippen molar-refractivity contribution in [3.63, 3.8) is 0 Å². The largest absolute Gasteiger partial charge is 0.287 e. The second-order valence-electron chi connectivity index (χ2n) is 3.83. The third-order valence-electron chi connectivity index (χ3n) is 2.46. The van der Waals surface area contributed by atoms with Crippen LogP contribution in [0.15, 0.2) is 30.6 Å². The quantitative estimate of drug-likeness (QED) is 0.744. The van der Waals surface area contributed by atoms with Crippen molar-refractivity contribution in [3.05, 3.63) is 58.9 Å². The molecule has 0 radical (unpaired) electrons. The van der Waals surface area contributed by atoms with E-state index in [0.29, 0.717) is 5.56 Å². The van der Waals surface area contributed by atoms with Gasteiger partial charge < -0.3 is 0 Å². The minimum Gasteiger partial charge on any atom is -0.287 e. The van der Waals surface area contributed by atoms with Gasteiger partial charge in [-0.05, 0) is 31.5 Å². The standard InChI is InChI=1S/C13H11FN2O/c1-8-3-4-10(14)5-11(8)13(17)12-7-15-9(2)6-16-12/h3-7H,1-2H3. The van der Waals surface area contributed by atoms with Crippen LogP contribution in [0, 0.1) is 19.7 Å². The maximum Gasteiger partial charge on any atom is 0.213 e. The van der Waals surface area contributed by atoms with Crippen molar-refractivity contribution in [3.8, 4) is 0 Å². The zero-order valence-electron chi connectivity index (χ0n) is 9.57. The molecule has 1 heterocycles. The summed E-state index contributed by atoms with van der Waals surface area (Å²) in [7, 11) is 0. The highest BCUT2D eigenvalue weighted by Crippen LogP contribution is 2.14. The van der Waals surface area contributed by atoms with Crippen LogP contribution in [0.2, 0.25) is 0 Å². The highest BCUT2D eigenvalue weighted by Gasteiger charge is 2.14. The molecule has 4 heteroatoms. The van der Waals surface area contributed by atoms with E-state index in [9.17, 15) is 9.18 Å². The molecule has 86 valence electrons. The second kappa shape index (κ2) is 4.41. The van der Waals surface area contributed by atoms with Crippen LogP contribution >= 0.6 is 0 Å². The summed E-state index contributed by atoms with van der Waals surface area (Å²) in [5.41, 5.74) is 2.00. The van der Waals surface area contributed by atoms with Gasteiger partial charge in [0, 0.05) is 11.8 Å². The predicted molar refractivity (Wildman–Crippen MR) is 61.3 cm³/mol. The van der Waals surface area contributed by atoms with E-state index in [1.807, 2.05) is 0 Å². The number of aromatic nitrogens is 2. The van der Waals surface area contributed by atoms with Crippen LogP contribution in [-0.2, 0) is 0 Å². The van der Waals surface area contributed by atoms with E-state index in [4.69, 9.17) is 0 Å². The number of benzene rings is 1. The lowest BCUT2D eigenvalue weighted by Crippen LogP contribution is -2.07. The molecule has 1 aromatic carbocycles. The Morgan fingerprint density at radius 1 is 1.18 bits per heavy atom. The Morgan fingerprint density at radius 2 is 1.94 bits per heavy atom. The lowest BCUT2D eigenvalue weighted by Gasteiger charge is -2.04. The maximum atomic E-state index is 13.1. The molecule has 0 N–H and O–H groups in total. The predicted octanol–water partition coefficient (Wildman–Crippen LogP) is 2.46. The average molecular weight is 230 g/mol. The third-order valence-corrected chi connectivity index (χ3v) is 2.46. The van der Waals surface area contributed by atoms with Gasteiger partial charge in [0.2, 0.25) is 5.78 Å². The first-order valence-corrected chi connectivity index (χ1v) is 5.17. The minimum atomic E-state index is -0.431. The molecule has 0 amide bonds. The van der Waals surface area contributed by atoms with Crippen molar-refractivity contribution in [2.75, 3.05) is 0 Å². The summed E-state index contributed by atoms with van der Waals surface area (Å²) >= 11 is 0. The molecule has 0 aliphatic heterocycles. The number of nitrogens with zero attached hydrogens (tertiary/aromatic N) is 2. The van der Waals surface area contributed by atoms with Gasteiger partial charge >= 0.3 is 0 Å². The molecule has 0 unspecified atom stereocenters. The van der Waals surface area contributed by atoms with Crippen LogP contribution in [-0.4, -0.2) is 15.8 Å². The summed E-state index contributed by atoms with van der Waals surface area (Å²) in [6, 6.07) is 4.12. The SMILES string of the molecule is Cc1cnc(C(=O)c2cc(F)ccc2C)cn1. The van der Waals surface area contributed by atoms with Crippen molar-refractivity contribution in [2.45, 2.75) is 13.8 Å². The van der Waals surface area contributed by atoms with Gasteiger partial charge in [-0.2, -0.15) is 0 Å². The first-order chi connectivity index (χ1) is 8.08. The monoisotopic (exact) mass is 230 g/mol. The maximum absolute atomic E-state index is 13.1. The number of hydrogen-bond acceptors (Lipinski definition) is 3. The Morgan fingerprint density at radius 3 is 2.59 bits per heavy atom. The number of ketones is 1. The molecule has 0 spiro atoms. The molecule has 0 saturated carbocycles. The summed E-state index contributed by atoms with van der Waals surface area (Å²) in [6.45, 7) is 3.54. The number of halogens is 1. The first-order valence-electron chi connectivity index (χ1n) is 5.17. The van der Waals surface area contributed by atoms with Crippen LogP contribution in [0.1, 0.15) is 27.3 Å². The topological polar surface area (TPSA) is 42.9 Å². The Hall–Kier alpha value is -2.10. The summed E-state index contributed by atoms with van der Waals surface area (Å²) in [5.74, 6) is -0.742. The molecule has 0 saturated heterocycles. The van der Waals surface area contributed by atoms with E-state index >= 15 is 0 Å². The third kappa shape index (κ3) is 2.36. The van der Waals surface area contributed by atoms with E-state index in [1.54, 1.807) is 19.9 Å². The highest BCUT2D eigenvalue weighted by atomic mass is 19.1. The van der Waals surface area contributed by atoms with E-state index in [1.165, 1.54) is 24.5 Å². The normalized spacial score (nSPS) is 10.3. The Bertz CT molecular complexity index is 564. The van der Waals surface area contributed by atoms with Gasteiger partial charge in [0.05, 0.1) is 11.9 Å². The van der Waals surface area contributed by atoms with Crippen LogP contribution in [0.25, 0.3) is 0 Å². The summed E-state index contributed by atoms with van der Waals surface area (Å²) in [4.78, 5) is 20.1. The van der Waals surface area contributed by atoms with Gasteiger partial charge in [0.1, 0.15) is 11.5 Å². The van der Waals surface area contributed by atoms with Crippen molar-refractivity contribution >= 4 is 5.78 Å². The zero-order valence-corrected chi connectivity index (χ0v) is 9.57. The number of rotatable bonds is 2. The molecule has 3 nitrogen and oxygen atoms in total. The average Bonchev–Trinajstić information content (AvgIpc) is 2.32. The fourth-order valence-corrected chi connectivity index (χ4v) is 1.49. The molecule has 2 rings (SSSR count). The van der Waals surface area contributed by atoms with Crippen molar-refractivity contribution in [1.29, 1.82) is 0 Å². The molecule has 2 aromatic rings. The molecule has 0 aliphatic carbocycles. The van der Waals surface area contributed by atoms with E-state index < -0.39 is 5.82 Å². The summed E-state index contributed by atoms with van der Waals surface area (Å²) in [5, 5.41) is 0. The summed E-state index contributed by atoms with van der Waals surface area (Å²) < 4.78 is 13.1. The molecule has 0 fully saturated rings. The first kappa shape index (κ1) is 11.4. The van der Waals surface area contributed by atoms with Gasteiger partial charge in [-0.25, -0.2) is 9.37 Å². The van der Waals surface area contributed by atoms with Crippen molar-refractivity contribution < 1.29 is 9.18 Å².